The van der Waals surface area contributed by atoms with Crippen LogP contribution < -0.4 is 0 Å². The second-order valence-corrected chi connectivity index (χ2v) is 18.4. The number of benzene rings is 2. The molecule has 0 fully saturated rings. The number of para-hydroxylation sites is 2. The lowest BCUT2D eigenvalue weighted by Crippen LogP contribution is -2.28. The highest BCUT2D eigenvalue weighted by Crippen LogP contribution is 2.35. The molecule has 0 aromatic heterocycles. The topological polar surface area (TPSA) is 93.1 Å². The molecule has 0 saturated heterocycles. The van der Waals surface area contributed by atoms with Crippen molar-refractivity contribution in [3.63, 3.8) is 0 Å². The minimum atomic E-state index is -0.399. The molecule has 0 amide bonds. The Kier molecular flexibility index (Phi) is 29.7. The van der Waals surface area contributed by atoms with Crippen LogP contribution in [-0.2, 0) is 19.1 Å². The number of hydrogen-bond donors (Lipinski definition) is 2. The standard InChI is InChI=1S/C53H88O6/c1-5-7-23-33-45(47-37-29-31-39-49(47)54)35-25-19-15-11-9-13-17-21-27-41-51(56)58-43-53(3,4)44-59-52(57)42-28-22-18-14-10-12-16-20-26-36-46(34-24-8-6-2)48-38-30-32-40-50(48)55/h29-32,37-40,45-46,54-55H,5-28,33-36,41-44H2,1-4H3. The Labute approximate surface area is 362 Å². The third-order valence-electron chi connectivity index (χ3n) is 12.2. The molecule has 0 bridgehead atoms. The molecule has 336 valence electrons. The molecule has 0 radical (unpaired) electrons. The monoisotopic (exact) mass is 821 g/mol. The van der Waals surface area contributed by atoms with Crippen LogP contribution in [0.5, 0.6) is 11.5 Å². The third-order valence-corrected chi connectivity index (χ3v) is 12.2. The van der Waals surface area contributed by atoms with E-state index in [4.69, 9.17) is 9.47 Å². The molecular formula is C53H88O6. The fourth-order valence-corrected chi connectivity index (χ4v) is 8.39. The van der Waals surface area contributed by atoms with E-state index < -0.39 is 5.41 Å². The number of carbonyl (C=O) groups is 2. The molecule has 6 nitrogen and oxygen atoms in total. The smallest absolute Gasteiger partial charge is 0.305 e. The van der Waals surface area contributed by atoms with Crippen LogP contribution in [0.15, 0.2) is 48.5 Å². The van der Waals surface area contributed by atoms with E-state index in [2.05, 4.69) is 26.0 Å². The molecule has 2 aromatic rings. The van der Waals surface area contributed by atoms with Crippen molar-refractivity contribution in [3.05, 3.63) is 59.7 Å². The maximum atomic E-state index is 12.4. The zero-order valence-electron chi connectivity index (χ0n) is 38.4. The molecule has 0 heterocycles. The number of hydrogen-bond acceptors (Lipinski definition) is 6. The Balaban J connectivity index is 1.40. The van der Waals surface area contributed by atoms with Gasteiger partial charge in [0, 0.05) is 18.3 Å². The fraction of sp³-hybridized carbons (Fsp3) is 0.736. The van der Waals surface area contributed by atoms with E-state index in [9.17, 15) is 19.8 Å². The second-order valence-electron chi connectivity index (χ2n) is 18.4. The second kappa shape index (κ2) is 33.7. The van der Waals surface area contributed by atoms with Crippen LogP contribution in [0, 0.1) is 5.41 Å². The van der Waals surface area contributed by atoms with Crippen molar-refractivity contribution < 1.29 is 29.3 Å². The number of phenolic OH excluding ortho intramolecular Hbond substituents is 2. The molecule has 0 saturated carbocycles. The molecule has 0 spiro atoms. The van der Waals surface area contributed by atoms with Crippen molar-refractivity contribution >= 4 is 11.9 Å². The first-order chi connectivity index (χ1) is 28.7. The van der Waals surface area contributed by atoms with Crippen molar-refractivity contribution in [2.24, 2.45) is 5.41 Å². The number of ether oxygens (including phenoxy) is 2. The highest BCUT2D eigenvalue weighted by atomic mass is 16.5. The maximum absolute atomic E-state index is 12.4. The van der Waals surface area contributed by atoms with Gasteiger partial charge in [0.05, 0.1) is 13.2 Å². The van der Waals surface area contributed by atoms with Crippen molar-refractivity contribution in [2.45, 2.75) is 232 Å². The van der Waals surface area contributed by atoms with E-state index in [1.54, 1.807) is 0 Å². The van der Waals surface area contributed by atoms with Gasteiger partial charge in [0.25, 0.3) is 0 Å². The van der Waals surface area contributed by atoms with Crippen LogP contribution >= 0.6 is 0 Å². The van der Waals surface area contributed by atoms with E-state index in [1.807, 2.05) is 50.2 Å². The van der Waals surface area contributed by atoms with Crippen LogP contribution in [0.25, 0.3) is 0 Å². The predicted molar refractivity (Wildman–Crippen MR) is 247 cm³/mol. The summed E-state index contributed by atoms with van der Waals surface area (Å²) >= 11 is 0. The summed E-state index contributed by atoms with van der Waals surface area (Å²) in [6.45, 7) is 8.98. The van der Waals surface area contributed by atoms with Crippen LogP contribution in [0.3, 0.4) is 0 Å². The Bertz CT molecular complexity index is 1240. The molecular weight excluding hydrogens is 733 g/mol. The summed E-state index contributed by atoms with van der Waals surface area (Å²) in [7, 11) is 0. The number of aromatic hydroxyl groups is 2. The van der Waals surface area contributed by atoms with Crippen molar-refractivity contribution in [2.75, 3.05) is 13.2 Å². The summed E-state index contributed by atoms with van der Waals surface area (Å²) < 4.78 is 11.1. The number of esters is 2. The van der Waals surface area contributed by atoms with Crippen molar-refractivity contribution in [3.8, 4) is 11.5 Å². The zero-order valence-corrected chi connectivity index (χ0v) is 38.4. The predicted octanol–water partition coefficient (Wildman–Crippen LogP) is 15.8. The molecule has 0 aliphatic rings. The molecule has 0 aliphatic heterocycles. The van der Waals surface area contributed by atoms with E-state index in [0.29, 0.717) is 36.2 Å². The first-order valence-electron chi connectivity index (χ1n) is 24.5. The number of carbonyl (C=O) groups excluding carboxylic acids is 2. The normalized spacial score (nSPS) is 12.7. The van der Waals surface area contributed by atoms with Gasteiger partial charge in [-0.05, 0) is 73.6 Å². The Morgan fingerprint density at radius 3 is 1.07 bits per heavy atom. The van der Waals surface area contributed by atoms with Gasteiger partial charge in [-0.3, -0.25) is 9.59 Å². The first-order valence-corrected chi connectivity index (χ1v) is 24.5. The zero-order chi connectivity index (χ0) is 42.8. The van der Waals surface area contributed by atoms with Gasteiger partial charge in [0.15, 0.2) is 0 Å². The summed E-state index contributed by atoms with van der Waals surface area (Å²) in [5.74, 6) is 1.53. The van der Waals surface area contributed by atoms with Crippen molar-refractivity contribution in [1.29, 1.82) is 0 Å². The van der Waals surface area contributed by atoms with Crippen molar-refractivity contribution in [1.82, 2.24) is 0 Å². The number of rotatable bonds is 38. The van der Waals surface area contributed by atoms with Crippen LogP contribution in [0.2, 0.25) is 0 Å². The first kappa shape index (κ1) is 52.1. The highest BCUT2D eigenvalue weighted by Gasteiger charge is 2.23. The summed E-state index contributed by atoms with van der Waals surface area (Å²) in [6, 6.07) is 15.8. The Hall–Kier alpha value is -3.02. The van der Waals surface area contributed by atoms with E-state index in [0.717, 1.165) is 62.5 Å². The van der Waals surface area contributed by atoms with Crippen LogP contribution in [0.1, 0.15) is 243 Å². The lowest BCUT2D eigenvalue weighted by Gasteiger charge is -2.23. The van der Waals surface area contributed by atoms with E-state index in [1.165, 1.54) is 128 Å². The summed E-state index contributed by atoms with van der Waals surface area (Å²) in [5.41, 5.74) is 1.86. The summed E-state index contributed by atoms with van der Waals surface area (Å²) in [5, 5.41) is 20.8. The van der Waals surface area contributed by atoms with Gasteiger partial charge in [-0.1, -0.05) is 205 Å². The summed E-state index contributed by atoms with van der Waals surface area (Å²) in [6.07, 6.45) is 34.1. The Morgan fingerprint density at radius 2 is 0.746 bits per heavy atom. The molecule has 6 heteroatoms. The van der Waals surface area contributed by atoms with E-state index in [-0.39, 0.29) is 25.2 Å². The highest BCUT2D eigenvalue weighted by molar-refractivity contribution is 5.69. The van der Waals surface area contributed by atoms with Crippen LogP contribution in [0.4, 0.5) is 0 Å². The van der Waals surface area contributed by atoms with Gasteiger partial charge in [-0.25, -0.2) is 0 Å². The number of unbranched alkanes of at least 4 members (excludes halogenated alkanes) is 20. The third kappa shape index (κ3) is 26.0. The van der Waals surface area contributed by atoms with Gasteiger partial charge < -0.3 is 19.7 Å². The Morgan fingerprint density at radius 1 is 0.458 bits per heavy atom. The average molecular weight is 821 g/mol. The van der Waals surface area contributed by atoms with Crippen LogP contribution in [-0.4, -0.2) is 35.4 Å². The van der Waals surface area contributed by atoms with Gasteiger partial charge in [-0.15, -0.1) is 0 Å². The molecule has 2 aromatic carbocycles. The maximum Gasteiger partial charge on any atom is 0.305 e. The van der Waals surface area contributed by atoms with Gasteiger partial charge in [0.2, 0.25) is 0 Å². The SMILES string of the molecule is CCCCCC(CCCCCCCCCCCC(=O)OCC(C)(C)COC(=O)CCCCCCCCCCCC(CCCCC)c1ccccc1O)c1ccccc1O. The van der Waals surface area contributed by atoms with Gasteiger partial charge in [0.1, 0.15) is 11.5 Å². The fourth-order valence-electron chi connectivity index (χ4n) is 8.39. The largest absolute Gasteiger partial charge is 0.508 e. The molecule has 2 rings (SSSR count). The lowest BCUT2D eigenvalue weighted by atomic mass is 9.87. The minimum Gasteiger partial charge on any atom is -0.508 e. The number of phenols is 2. The lowest BCUT2D eigenvalue weighted by molar-refractivity contribution is -0.152. The minimum absolute atomic E-state index is 0.156. The van der Waals surface area contributed by atoms with E-state index >= 15 is 0 Å². The van der Waals surface area contributed by atoms with Gasteiger partial charge in [-0.2, -0.15) is 0 Å². The molecule has 2 unspecified atom stereocenters. The van der Waals surface area contributed by atoms with Gasteiger partial charge >= 0.3 is 11.9 Å². The molecule has 2 N–H and O–H groups in total. The quantitative estimate of drug-likeness (QED) is 0.0518. The molecule has 2 atom stereocenters. The molecule has 0 aliphatic carbocycles. The summed E-state index contributed by atoms with van der Waals surface area (Å²) in [4.78, 5) is 24.8. The molecule has 59 heavy (non-hydrogen) atoms. The average Bonchev–Trinajstić information content (AvgIpc) is 3.22.